The molecule has 0 aromatic heterocycles. The molecule has 1 rings (SSSR count). The number of methoxy groups -OCH3 is 1. The van der Waals surface area contributed by atoms with Crippen LogP contribution in [0.2, 0.25) is 5.02 Å². The van der Waals surface area contributed by atoms with E-state index in [-0.39, 0.29) is 12.5 Å². The van der Waals surface area contributed by atoms with Crippen molar-refractivity contribution >= 4 is 23.5 Å². The zero-order chi connectivity index (χ0) is 15.2. The number of hydrogen-bond donors (Lipinski definition) is 1. The second-order valence-corrected chi connectivity index (χ2v) is 4.99. The molecule has 0 heterocycles. The summed E-state index contributed by atoms with van der Waals surface area (Å²) in [6.45, 7) is 3.79. The molecule has 0 aliphatic carbocycles. The Morgan fingerprint density at radius 1 is 1.20 bits per heavy atom. The fourth-order valence-corrected chi connectivity index (χ4v) is 2.40. The molecule has 0 unspecified atom stereocenters. The standard InChI is InChI=1S/C15H20ClNO3/c1-4-15(5-2,11-6-8-12(16)9-7-11)14(19)17-10-13(18)20-3/h6-9H,4-5,10H2,1-3H3,(H,17,19). The first kappa shape index (κ1) is 16.5. The Bertz CT molecular complexity index is 467. The van der Waals surface area contributed by atoms with Gasteiger partial charge in [0.05, 0.1) is 12.5 Å². The first-order chi connectivity index (χ1) is 9.50. The van der Waals surface area contributed by atoms with Crippen molar-refractivity contribution in [2.45, 2.75) is 32.1 Å². The van der Waals surface area contributed by atoms with Gasteiger partial charge in [-0.15, -0.1) is 0 Å². The van der Waals surface area contributed by atoms with Crippen molar-refractivity contribution < 1.29 is 14.3 Å². The fourth-order valence-electron chi connectivity index (χ4n) is 2.27. The number of amides is 1. The van der Waals surface area contributed by atoms with Crippen LogP contribution in [0.25, 0.3) is 0 Å². The number of hydrogen-bond acceptors (Lipinski definition) is 3. The summed E-state index contributed by atoms with van der Waals surface area (Å²) in [6, 6.07) is 7.25. The molecule has 1 aromatic carbocycles. The maximum absolute atomic E-state index is 12.5. The normalized spacial score (nSPS) is 11.0. The van der Waals surface area contributed by atoms with Gasteiger partial charge in [0, 0.05) is 5.02 Å². The van der Waals surface area contributed by atoms with Gasteiger partial charge in [-0.1, -0.05) is 37.6 Å². The zero-order valence-corrected chi connectivity index (χ0v) is 12.8. The minimum Gasteiger partial charge on any atom is -0.468 e. The van der Waals surface area contributed by atoms with E-state index < -0.39 is 11.4 Å². The highest BCUT2D eigenvalue weighted by atomic mass is 35.5. The van der Waals surface area contributed by atoms with Gasteiger partial charge in [-0.25, -0.2) is 0 Å². The molecule has 0 saturated heterocycles. The molecular formula is C15H20ClNO3. The number of nitrogens with one attached hydrogen (secondary N) is 1. The molecule has 110 valence electrons. The van der Waals surface area contributed by atoms with E-state index in [1.54, 1.807) is 12.1 Å². The molecule has 0 saturated carbocycles. The molecule has 20 heavy (non-hydrogen) atoms. The van der Waals surface area contributed by atoms with E-state index in [0.717, 1.165) is 5.56 Å². The number of carbonyl (C=O) groups excluding carboxylic acids is 2. The van der Waals surface area contributed by atoms with Gasteiger partial charge in [-0.05, 0) is 30.5 Å². The topological polar surface area (TPSA) is 55.4 Å². The summed E-state index contributed by atoms with van der Waals surface area (Å²) in [4.78, 5) is 23.6. The van der Waals surface area contributed by atoms with E-state index in [2.05, 4.69) is 10.1 Å². The van der Waals surface area contributed by atoms with Crippen LogP contribution in [0, 0.1) is 0 Å². The van der Waals surface area contributed by atoms with Crippen molar-refractivity contribution in [1.29, 1.82) is 0 Å². The van der Waals surface area contributed by atoms with Crippen LogP contribution in [0.4, 0.5) is 0 Å². The van der Waals surface area contributed by atoms with Crippen LogP contribution in [-0.4, -0.2) is 25.5 Å². The van der Waals surface area contributed by atoms with Gasteiger partial charge in [0.25, 0.3) is 0 Å². The van der Waals surface area contributed by atoms with Crippen LogP contribution in [0.5, 0.6) is 0 Å². The second kappa shape index (κ2) is 7.29. The lowest BCUT2D eigenvalue weighted by Crippen LogP contribution is -2.45. The molecule has 0 atom stereocenters. The van der Waals surface area contributed by atoms with Gasteiger partial charge in [0.1, 0.15) is 6.54 Å². The Morgan fingerprint density at radius 3 is 2.20 bits per heavy atom. The maximum atomic E-state index is 12.5. The van der Waals surface area contributed by atoms with Gasteiger partial charge in [-0.2, -0.15) is 0 Å². The lowest BCUT2D eigenvalue weighted by molar-refractivity contribution is -0.142. The first-order valence-corrected chi connectivity index (χ1v) is 6.99. The van der Waals surface area contributed by atoms with Crippen LogP contribution < -0.4 is 5.32 Å². The smallest absolute Gasteiger partial charge is 0.325 e. The van der Waals surface area contributed by atoms with Crippen LogP contribution in [0.15, 0.2) is 24.3 Å². The molecule has 4 nitrogen and oxygen atoms in total. The van der Waals surface area contributed by atoms with Crippen LogP contribution in [0.1, 0.15) is 32.3 Å². The van der Waals surface area contributed by atoms with E-state index in [9.17, 15) is 9.59 Å². The Balaban J connectivity index is 2.99. The number of carbonyl (C=O) groups is 2. The third kappa shape index (κ3) is 3.51. The van der Waals surface area contributed by atoms with Crippen molar-refractivity contribution in [1.82, 2.24) is 5.32 Å². The van der Waals surface area contributed by atoms with Crippen molar-refractivity contribution in [3.05, 3.63) is 34.9 Å². The molecule has 0 fully saturated rings. The van der Waals surface area contributed by atoms with Crippen molar-refractivity contribution in [3.63, 3.8) is 0 Å². The SMILES string of the molecule is CCC(CC)(C(=O)NCC(=O)OC)c1ccc(Cl)cc1. The second-order valence-electron chi connectivity index (χ2n) is 4.55. The summed E-state index contributed by atoms with van der Waals surface area (Å²) in [6.07, 6.45) is 1.27. The number of benzene rings is 1. The maximum Gasteiger partial charge on any atom is 0.325 e. The number of ether oxygens (including phenoxy) is 1. The lowest BCUT2D eigenvalue weighted by atomic mass is 9.75. The Kier molecular flexibility index (Phi) is 6.02. The number of rotatable bonds is 6. The van der Waals surface area contributed by atoms with Gasteiger partial charge in [-0.3, -0.25) is 9.59 Å². The molecule has 1 aromatic rings. The summed E-state index contributed by atoms with van der Waals surface area (Å²) in [5.74, 6) is -0.634. The van der Waals surface area contributed by atoms with Gasteiger partial charge >= 0.3 is 5.97 Å². The Labute approximate surface area is 124 Å². The van der Waals surface area contributed by atoms with Crippen LogP contribution in [0.3, 0.4) is 0 Å². The molecule has 1 amide bonds. The predicted molar refractivity (Wildman–Crippen MR) is 78.7 cm³/mol. The predicted octanol–water partition coefficient (Wildman–Crippen LogP) is 2.69. The minimum atomic E-state index is -0.654. The van der Waals surface area contributed by atoms with Crippen LogP contribution in [-0.2, 0) is 19.7 Å². The Hall–Kier alpha value is -1.55. The average Bonchev–Trinajstić information content (AvgIpc) is 2.48. The van der Waals surface area contributed by atoms with Crippen molar-refractivity contribution in [2.75, 3.05) is 13.7 Å². The largest absolute Gasteiger partial charge is 0.468 e. The summed E-state index contributed by atoms with van der Waals surface area (Å²) in [5.41, 5.74) is 0.243. The van der Waals surface area contributed by atoms with Gasteiger partial charge < -0.3 is 10.1 Å². The molecule has 0 spiro atoms. The summed E-state index contributed by atoms with van der Waals surface area (Å²) in [5, 5.41) is 3.27. The van der Waals surface area contributed by atoms with Crippen molar-refractivity contribution in [2.24, 2.45) is 0 Å². The summed E-state index contributed by atoms with van der Waals surface area (Å²) < 4.78 is 4.53. The van der Waals surface area contributed by atoms with Gasteiger partial charge in [0.2, 0.25) is 5.91 Å². The molecule has 0 aliphatic rings. The highest BCUT2D eigenvalue weighted by Crippen LogP contribution is 2.32. The van der Waals surface area contributed by atoms with Crippen molar-refractivity contribution in [3.8, 4) is 0 Å². The molecule has 0 aliphatic heterocycles. The van der Waals surface area contributed by atoms with Gasteiger partial charge in [0.15, 0.2) is 0 Å². The quantitative estimate of drug-likeness (QED) is 0.821. The van der Waals surface area contributed by atoms with Crippen LogP contribution >= 0.6 is 11.6 Å². The number of esters is 1. The monoisotopic (exact) mass is 297 g/mol. The molecule has 5 heteroatoms. The third-order valence-corrected chi connectivity index (χ3v) is 3.91. The van der Waals surface area contributed by atoms with E-state index in [1.807, 2.05) is 26.0 Å². The highest BCUT2D eigenvalue weighted by Gasteiger charge is 2.36. The molecule has 1 N–H and O–H groups in total. The Morgan fingerprint density at radius 2 is 1.75 bits per heavy atom. The fraction of sp³-hybridized carbons (Fsp3) is 0.467. The molecule has 0 radical (unpaired) electrons. The number of halogens is 1. The summed E-state index contributed by atoms with van der Waals surface area (Å²) in [7, 11) is 1.29. The summed E-state index contributed by atoms with van der Waals surface area (Å²) >= 11 is 5.89. The molecular weight excluding hydrogens is 278 g/mol. The minimum absolute atomic E-state index is 0.120. The first-order valence-electron chi connectivity index (χ1n) is 6.61. The zero-order valence-electron chi connectivity index (χ0n) is 12.0. The highest BCUT2D eigenvalue weighted by molar-refractivity contribution is 6.30. The van der Waals surface area contributed by atoms with E-state index in [4.69, 9.17) is 11.6 Å². The average molecular weight is 298 g/mol. The van der Waals surface area contributed by atoms with E-state index >= 15 is 0 Å². The molecule has 0 bridgehead atoms. The third-order valence-electron chi connectivity index (χ3n) is 3.66. The van der Waals surface area contributed by atoms with E-state index in [1.165, 1.54) is 7.11 Å². The van der Waals surface area contributed by atoms with E-state index in [0.29, 0.717) is 17.9 Å². The lowest BCUT2D eigenvalue weighted by Gasteiger charge is -2.30.